The third kappa shape index (κ3) is 1.33. The molecule has 1 aliphatic rings. The molecule has 2 nitrogen and oxygen atoms in total. The van der Waals surface area contributed by atoms with Crippen LogP contribution in [0, 0.1) is 0 Å². The molecule has 1 saturated heterocycles. The number of para-hydroxylation sites is 1. The largest absolute Gasteiger partial charge is 0.284 e. The van der Waals surface area contributed by atoms with Gasteiger partial charge < -0.3 is 0 Å². The van der Waals surface area contributed by atoms with Gasteiger partial charge in [-0.1, -0.05) is 23.8 Å². The summed E-state index contributed by atoms with van der Waals surface area (Å²) < 4.78 is 0. The van der Waals surface area contributed by atoms with E-state index in [4.69, 9.17) is 0 Å². The van der Waals surface area contributed by atoms with Crippen LogP contribution in [0.25, 0.3) is 0 Å². The maximum Gasteiger partial charge on any atom is 0.237 e. The van der Waals surface area contributed by atoms with Gasteiger partial charge >= 0.3 is 0 Å². The van der Waals surface area contributed by atoms with Crippen molar-refractivity contribution < 1.29 is 4.79 Å². The predicted molar refractivity (Wildman–Crippen MR) is 56.9 cm³/mol. The molecule has 0 N–H and O–H groups in total. The van der Waals surface area contributed by atoms with Crippen molar-refractivity contribution in [2.24, 2.45) is 0 Å². The summed E-state index contributed by atoms with van der Waals surface area (Å²) >= 11 is 0. The molecular weight excluding hydrogens is 174 g/mol. The van der Waals surface area contributed by atoms with Gasteiger partial charge in [0, 0.05) is 11.4 Å². The van der Waals surface area contributed by atoms with Crippen LogP contribution in [0.15, 0.2) is 41.6 Å². The molecule has 0 bridgehead atoms. The molecule has 0 aromatic heterocycles. The molecule has 0 saturated carbocycles. The Hall–Kier alpha value is -1.57. The van der Waals surface area contributed by atoms with E-state index in [1.807, 2.05) is 44.2 Å². The normalized spacial score (nSPS) is 15.4. The molecule has 1 amide bonds. The molecule has 0 aliphatic carbocycles. The van der Waals surface area contributed by atoms with E-state index in [9.17, 15) is 4.79 Å². The Labute approximate surface area is 83.8 Å². The number of hydrogen-bond acceptors (Lipinski definition) is 1. The Morgan fingerprint density at radius 3 is 2.36 bits per heavy atom. The van der Waals surface area contributed by atoms with Crippen molar-refractivity contribution in [1.29, 1.82) is 0 Å². The summed E-state index contributed by atoms with van der Waals surface area (Å²) in [4.78, 5) is 13.2. The van der Waals surface area contributed by atoms with Gasteiger partial charge in [-0.05, 0) is 26.0 Å². The molecule has 0 spiro atoms. The van der Waals surface area contributed by atoms with Crippen molar-refractivity contribution in [3.8, 4) is 0 Å². The van der Waals surface area contributed by atoms with Crippen LogP contribution in [0.2, 0.25) is 0 Å². The van der Waals surface area contributed by atoms with Crippen LogP contribution in [-0.4, -0.2) is 5.91 Å². The Bertz CT molecular complexity index is 388. The molecule has 0 unspecified atom stereocenters. The first-order chi connectivity index (χ1) is 6.70. The maximum atomic E-state index is 11.4. The van der Waals surface area contributed by atoms with Gasteiger partial charge in [0.05, 0.1) is 6.42 Å². The highest BCUT2D eigenvalue weighted by Gasteiger charge is 2.31. The lowest BCUT2D eigenvalue weighted by Crippen LogP contribution is -2.41. The van der Waals surface area contributed by atoms with E-state index in [2.05, 4.69) is 0 Å². The van der Waals surface area contributed by atoms with Gasteiger partial charge in [-0.2, -0.15) is 0 Å². The van der Waals surface area contributed by atoms with Crippen LogP contribution in [0.1, 0.15) is 20.3 Å². The van der Waals surface area contributed by atoms with E-state index in [0.29, 0.717) is 6.42 Å². The van der Waals surface area contributed by atoms with Crippen molar-refractivity contribution in [2.45, 2.75) is 20.3 Å². The average molecular weight is 187 g/mol. The predicted octanol–water partition coefficient (Wildman–Crippen LogP) is 2.72. The number of carbonyl (C=O) groups excluding carboxylic acids is 1. The first-order valence-electron chi connectivity index (χ1n) is 4.74. The molecule has 0 radical (unpaired) electrons. The van der Waals surface area contributed by atoms with E-state index in [-0.39, 0.29) is 5.91 Å². The summed E-state index contributed by atoms with van der Waals surface area (Å²) in [5.41, 5.74) is 3.33. The van der Waals surface area contributed by atoms with Gasteiger partial charge in [0.1, 0.15) is 0 Å². The van der Waals surface area contributed by atoms with Crippen LogP contribution in [0.4, 0.5) is 5.69 Å². The highest BCUT2D eigenvalue weighted by Crippen LogP contribution is 2.32. The second-order valence-electron chi connectivity index (χ2n) is 3.69. The molecule has 1 aromatic rings. The zero-order chi connectivity index (χ0) is 10.1. The maximum absolute atomic E-state index is 11.4. The fourth-order valence-corrected chi connectivity index (χ4v) is 1.64. The smallest absolute Gasteiger partial charge is 0.237 e. The van der Waals surface area contributed by atoms with Crippen LogP contribution in [0.3, 0.4) is 0 Å². The third-order valence-corrected chi connectivity index (χ3v) is 2.43. The molecule has 1 aliphatic heterocycles. The number of benzene rings is 1. The minimum atomic E-state index is 0.187. The molecule has 0 atom stereocenters. The van der Waals surface area contributed by atoms with Gasteiger partial charge in [-0.3, -0.25) is 9.69 Å². The van der Waals surface area contributed by atoms with Gasteiger partial charge in [0.15, 0.2) is 0 Å². The molecule has 72 valence electrons. The number of amides is 1. The van der Waals surface area contributed by atoms with Crippen LogP contribution < -0.4 is 4.90 Å². The number of carbonyl (C=O) groups is 1. The quantitative estimate of drug-likeness (QED) is 0.619. The Morgan fingerprint density at radius 2 is 1.86 bits per heavy atom. The molecular formula is C12H13NO. The van der Waals surface area contributed by atoms with Crippen LogP contribution in [-0.2, 0) is 4.79 Å². The third-order valence-electron chi connectivity index (χ3n) is 2.43. The van der Waals surface area contributed by atoms with Crippen molar-refractivity contribution in [2.75, 3.05) is 4.90 Å². The molecule has 14 heavy (non-hydrogen) atoms. The molecule has 1 heterocycles. The molecule has 1 fully saturated rings. The summed E-state index contributed by atoms with van der Waals surface area (Å²) in [6.07, 6.45) is 0.581. The number of β-lactam (4-membered cyclic amide) rings is 1. The number of nitrogens with zero attached hydrogens (tertiary/aromatic N) is 1. The standard InChI is InChI=1S/C12H13NO/c1-9(2)11-8-12(14)13(11)10-6-4-3-5-7-10/h3-7H,8H2,1-2H3. The minimum Gasteiger partial charge on any atom is -0.284 e. The van der Waals surface area contributed by atoms with Crippen LogP contribution >= 0.6 is 0 Å². The lowest BCUT2D eigenvalue weighted by atomic mass is 10.0. The summed E-state index contributed by atoms with van der Waals surface area (Å²) in [5.74, 6) is 0.187. The van der Waals surface area contributed by atoms with Crippen molar-refractivity contribution in [3.05, 3.63) is 41.6 Å². The molecule has 2 rings (SSSR count). The number of rotatable bonds is 1. The fraction of sp³-hybridized carbons (Fsp3) is 0.250. The van der Waals surface area contributed by atoms with Gasteiger partial charge in [-0.25, -0.2) is 0 Å². The Kier molecular flexibility index (Phi) is 2.12. The monoisotopic (exact) mass is 187 g/mol. The zero-order valence-corrected chi connectivity index (χ0v) is 8.45. The number of allylic oxidation sites excluding steroid dienone is 1. The molecule has 2 heteroatoms. The van der Waals surface area contributed by atoms with Gasteiger partial charge in [0.2, 0.25) is 5.91 Å². The highest BCUT2D eigenvalue weighted by atomic mass is 16.2. The second-order valence-corrected chi connectivity index (χ2v) is 3.69. The van der Waals surface area contributed by atoms with Crippen molar-refractivity contribution in [1.82, 2.24) is 0 Å². The number of anilines is 1. The SMILES string of the molecule is CC(C)=C1CC(=O)N1c1ccccc1. The van der Waals surface area contributed by atoms with Crippen LogP contribution in [0.5, 0.6) is 0 Å². The van der Waals surface area contributed by atoms with Crippen molar-refractivity contribution >= 4 is 11.6 Å². The number of hydrogen-bond donors (Lipinski definition) is 0. The lowest BCUT2D eigenvalue weighted by molar-refractivity contribution is -0.120. The van der Waals surface area contributed by atoms with E-state index < -0.39 is 0 Å². The first-order valence-corrected chi connectivity index (χ1v) is 4.74. The topological polar surface area (TPSA) is 20.3 Å². The van der Waals surface area contributed by atoms with E-state index >= 15 is 0 Å². The highest BCUT2D eigenvalue weighted by molar-refractivity contribution is 6.05. The van der Waals surface area contributed by atoms with Gasteiger partial charge in [0.25, 0.3) is 0 Å². The van der Waals surface area contributed by atoms with Gasteiger partial charge in [-0.15, -0.1) is 0 Å². The van der Waals surface area contributed by atoms with E-state index in [1.54, 1.807) is 4.90 Å². The summed E-state index contributed by atoms with van der Waals surface area (Å²) in [7, 11) is 0. The first kappa shape index (κ1) is 9.00. The minimum absolute atomic E-state index is 0.187. The average Bonchev–Trinajstić information content (AvgIpc) is 2.15. The lowest BCUT2D eigenvalue weighted by Gasteiger charge is -2.35. The Balaban J connectivity index is 2.36. The van der Waals surface area contributed by atoms with E-state index in [0.717, 1.165) is 11.4 Å². The van der Waals surface area contributed by atoms with Crippen molar-refractivity contribution in [3.63, 3.8) is 0 Å². The summed E-state index contributed by atoms with van der Waals surface area (Å²) in [6.45, 7) is 4.08. The van der Waals surface area contributed by atoms with E-state index in [1.165, 1.54) is 5.57 Å². The summed E-state index contributed by atoms with van der Waals surface area (Å²) in [5, 5.41) is 0. The Morgan fingerprint density at radius 1 is 1.21 bits per heavy atom. The fourth-order valence-electron chi connectivity index (χ4n) is 1.64. The molecule has 1 aromatic carbocycles. The summed E-state index contributed by atoms with van der Waals surface area (Å²) in [6, 6.07) is 9.77. The second kappa shape index (κ2) is 3.29. The zero-order valence-electron chi connectivity index (χ0n) is 8.45.